The van der Waals surface area contributed by atoms with Crippen LogP contribution in [0.15, 0.2) is 4.99 Å². The van der Waals surface area contributed by atoms with Crippen LogP contribution in [0.2, 0.25) is 0 Å². The van der Waals surface area contributed by atoms with E-state index >= 15 is 0 Å². The van der Waals surface area contributed by atoms with Crippen molar-refractivity contribution in [3.63, 3.8) is 0 Å². The molecule has 0 unspecified atom stereocenters. The van der Waals surface area contributed by atoms with E-state index in [-0.39, 0.29) is 25.2 Å². The van der Waals surface area contributed by atoms with Crippen molar-refractivity contribution in [2.45, 2.75) is 360 Å². The van der Waals surface area contributed by atoms with Gasteiger partial charge in [0, 0.05) is 19.3 Å². The quantitative estimate of drug-likeness (QED) is 0.0448. The second kappa shape index (κ2) is 51.8. The lowest BCUT2D eigenvalue weighted by Gasteiger charge is -2.23. The van der Waals surface area contributed by atoms with Gasteiger partial charge in [-0.05, 0) is 19.3 Å². The Morgan fingerprint density at radius 1 is 0.353 bits per heavy atom. The first-order valence-corrected chi connectivity index (χ1v) is 31.1. The normalized spacial score (nSPS) is 13.2. The minimum Gasteiger partial charge on any atom is -0.478 e. The van der Waals surface area contributed by atoms with E-state index in [4.69, 9.17) is 19.2 Å². The van der Waals surface area contributed by atoms with E-state index in [1.54, 1.807) is 0 Å². The molecule has 1 aliphatic heterocycles. The molecule has 0 saturated heterocycles. The molecule has 0 aromatic heterocycles. The fourth-order valence-electron chi connectivity index (χ4n) is 10.1. The molecule has 0 atom stereocenters. The Labute approximate surface area is 425 Å². The Bertz CT molecular complexity index is 1040. The summed E-state index contributed by atoms with van der Waals surface area (Å²) >= 11 is 0. The number of nitrogens with zero attached hydrogens (tertiary/aromatic N) is 1. The Morgan fingerprint density at radius 3 is 0.824 bits per heavy atom. The molecule has 0 aromatic rings. The average Bonchev–Trinajstić information content (AvgIpc) is 3.76. The highest BCUT2D eigenvalue weighted by Gasteiger charge is 2.40. The van der Waals surface area contributed by atoms with Crippen LogP contribution in [0.4, 0.5) is 0 Å². The van der Waals surface area contributed by atoms with Crippen LogP contribution in [0.5, 0.6) is 0 Å². The van der Waals surface area contributed by atoms with Crippen molar-refractivity contribution in [3.05, 3.63) is 0 Å². The van der Waals surface area contributed by atoms with E-state index in [1.807, 2.05) is 0 Å². The van der Waals surface area contributed by atoms with Crippen molar-refractivity contribution in [2.24, 2.45) is 4.99 Å². The summed E-state index contributed by atoms with van der Waals surface area (Å²) in [6.45, 7) is 7.39. The SMILES string of the molecule is CCCCCCCCCCCCCCCCCCCCCC1=NC(COC(=O)CCCCCCCCCCCCCCCCC)(COC(=O)CCCCCCCCCCCCCCCCC)CO1. The van der Waals surface area contributed by atoms with Crippen LogP contribution >= 0.6 is 0 Å². The van der Waals surface area contributed by atoms with E-state index < -0.39 is 5.54 Å². The molecule has 6 heteroatoms. The van der Waals surface area contributed by atoms with Gasteiger partial charge < -0.3 is 14.2 Å². The van der Waals surface area contributed by atoms with Gasteiger partial charge in [-0.1, -0.05) is 316 Å². The fraction of sp³-hybridized carbons (Fsp3) is 0.952. The molecule has 6 nitrogen and oxygen atoms in total. The van der Waals surface area contributed by atoms with Gasteiger partial charge in [-0.25, -0.2) is 4.99 Å². The second-order valence-electron chi connectivity index (χ2n) is 21.9. The molecule has 402 valence electrons. The molecule has 0 N–H and O–H groups in total. The van der Waals surface area contributed by atoms with Gasteiger partial charge in [-0.2, -0.15) is 0 Å². The number of carbonyl (C=O) groups excluding carboxylic acids is 2. The maximum atomic E-state index is 12.9. The molecule has 1 rings (SSSR count). The molecule has 1 heterocycles. The summed E-state index contributed by atoms with van der Waals surface area (Å²) in [6.07, 6.45) is 66.7. The maximum Gasteiger partial charge on any atom is 0.305 e. The van der Waals surface area contributed by atoms with Crippen LogP contribution in [0, 0.1) is 0 Å². The number of hydrogen-bond donors (Lipinski definition) is 0. The number of rotatable bonds is 56. The lowest BCUT2D eigenvalue weighted by Crippen LogP contribution is -2.41. The number of hydrogen-bond acceptors (Lipinski definition) is 6. The molecule has 0 aromatic carbocycles. The zero-order chi connectivity index (χ0) is 49.0. The van der Waals surface area contributed by atoms with E-state index in [0.29, 0.717) is 19.4 Å². The van der Waals surface area contributed by atoms with Gasteiger partial charge in [-0.3, -0.25) is 9.59 Å². The number of ether oxygens (including phenoxy) is 3. The van der Waals surface area contributed by atoms with Crippen molar-refractivity contribution in [1.29, 1.82) is 0 Å². The van der Waals surface area contributed by atoms with Crippen LogP contribution in [0.1, 0.15) is 355 Å². The topological polar surface area (TPSA) is 74.2 Å². The lowest BCUT2D eigenvalue weighted by atomic mass is 10.0. The predicted molar refractivity (Wildman–Crippen MR) is 295 cm³/mol. The number of esters is 2. The summed E-state index contributed by atoms with van der Waals surface area (Å²) in [5.74, 6) is 0.380. The predicted octanol–water partition coefficient (Wildman–Crippen LogP) is 20.6. The monoisotopic (exact) mass is 958 g/mol. The van der Waals surface area contributed by atoms with Crippen molar-refractivity contribution in [2.75, 3.05) is 19.8 Å². The molecule has 0 fully saturated rings. The Morgan fingerprint density at radius 2 is 0.574 bits per heavy atom. The van der Waals surface area contributed by atoms with Crippen LogP contribution in [-0.4, -0.2) is 43.2 Å². The molecule has 0 saturated carbocycles. The molecular weight excluding hydrogens is 839 g/mol. The van der Waals surface area contributed by atoms with Crippen molar-refractivity contribution < 1.29 is 23.8 Å². The Kier molecular flexibility index (Phi) is 49.0. The van der Waals surface area contributed by atoms with Crippen molar-refractivity contribution in [3.8, 4) is 0 Å². The third-order valence-electron chi connectivity index (χ3n) is 14.8. The van der Waals surface area contributed by atoms with Crippen LogP contribution in [-0.2, 0) is 23.8 Å². The van der Waals surface area contributed by atoms with Crippen LogP contribution in [0.3, 0.4) is 0 Å². The molecule has 0 spiro atoms. The summed E-state index contributed by atoms with van der Waals surface area (Å²) < 4.78 is 17.8. The van der Waals surface area contributed by atoms with E-state index in [1.165, 1.54) is 283 Å². The number of carbonyl (C=O) groups is 2. The number of unbranched alkanes of at least 4 members (excludes halogenated alkanes) is 46. The minimum atomic E-state index is -0.835. The molecule has 0 bridgehead atoms. The fourth-order valence-corrected chi connectivity index (χ4v) is 10.1. The van der Waals surface area contributed by atoms with Crippen molar-refractivity contribution >= 4 is 17.8 Å². The van der Waals surface area contributed by atoms with Crippen LogP contribution < -0.4 is 0 Å². The summed E-state index contributed by atoms with van der Waals surface area (Å²) in [7, 11) is 0. The Hall–Kier alpha value is -1.59. The first kappa shape index (κ1) is 64.4. The van der Waals surface area contributed by atoms with E-state index in [9.17, 15) is 9.59 Å². The highest BCUT2D eigenvalue weighted by Crippen LogP contribution is 2.25. The standard InChI is InChI=1S/C62H119NO5/c1-4-7-10-13-16-19-22-25-28-29-30-31-34-35-38-41-44-47-50-53-59-63-62(56-66-59,57-67-60(64)54-51-48-45-42-39-36-32-26-23-20-17-14-11-8-5-2)58-68-61(65)55-52-49-46-43-40-37-33-27-24-21-18-15-12-9-6-3/h4-58H2,1-3H3. The molecule has 0 amide bonds. The maximum absolute atomic E-state index is 12.9. The third-order valence-corrected chi connectivity index (χ3v) is 14.8. The molecule has 0 radical (unpaired) electrons. The van der Waals surface area contributed by atoms with Gasteiger partial charge in [0.05, 0.1) is 0 Å². The van der Waals surface area contributed by atoms with Gasteiger partial charge in [0.25, 0.3) is 0 Å². The van der Waals surface area contributed by atoms with Crippen molar-refractivity contribution in [1.82, 2.24) is 0 Å². The van der Waals surface area contributed by atoms with Gasteiger partial charge in [0.1, 0.15) is 19.8 Å². The zero-order valence-electron chi connectivity index (χ0n) is 46.4. The lowest BCUT2D eigenvalue weighted by molar-refractivity contribution is -0.150. The van der Waals surface area contributed by atoms with Gasteiger partial charge in [0.2, 0.25) is 0 Å². The summed E-state index contributed by atoms with van der Waals surface area (Å²) in [6, 6.07) is 0. The molecule has 68 heavy (non-hydrogen) atoms. The van der Waals surface area contributed by atoms with E-state index in [0.717, 1.165) is 44.4 Å². The van der Waals surface area contributed by atoms with Crippen LogP contribution in [0.25, 0.3) is 0 Å². The average molecular weight is 959 g/mol. The zero-order valence-corrected chi connectivity index (χ0v) is 46.4. The highest BCUT2D eigenvalue weighted by atomic mass is 16.6. The van der Waals surface area contributed by atoms with Gasteiger partial charge in [-0.15, -0.1) is 0 Å². The van der Waals surface area contributed by atoms with Gasteiger partial charge >= 0.3 is 11.9 Å². The summed E-state index contributed by atoms with van der Waals surface area (Å²) in [5, 5.41) is 0. The minimum absolute atomic E-state index is 0.111. The first-order valence-electron chi connectivity index (χ1n) is 31.1. The highest BCUT2D eigenvalue weighted by molar-refractivity contribution is 5.78. The smallest absolute Gasteiger partial charge is 0.305 e. The molecular formula is C62H119NO5. The van der Waals surface area contributed by atoms with Gasteiger partial charge in [0.15, 0.2) is 11.4 Å². The van der Waals surface area contributed by atoms with E-state index in [2.05, 4.69) is 20.8 Å². The summed E-state index contributed by atoms with van der Waals surface area (Å²) in [5.41, 5.74) is -0.835. The molecule has 1 aliphatic rings. The Balaban J connectivity index is 2.31. The largest absolute Gasteiger partial charge is 0.478 e. The summed E-state index contributed by atoms with van der Waals surface area (Å²) in [4.78, 5) is 30.8. The number of aliphatic imine (C=N–C) groups is 1. The first-order chi connectivity index (χ1) is 33.5. The second-order valence-corrected chi connectivity index (χ2v) is 21.9. The molecule has 0 aliphatic carbocycles. The third kappa shape index (κ3) is 44.4.